The molecule has 104 valence electrons. The molecule has 2 fully saturated rings. The van der Waals surface area contributed by atoms with Crippen LogP contribution in [0.3, 0.4) is 0 Å². The van der Waals surface area contributed by atoms with E-state index in [4.69, 9.17) is 0 Å². The fraction of sp³-hybridized carbons (Fsp3) is 0.667. The predicted octanol–water partition coefficient (Wildman–Crippen LogP) is -0.481. The minimum absolute atomic E-state index is 0.0696. The second-order valence-electron chi connectivity index (χ2n) is 5.34. The topological polar surface area (TPSA) is 74.8 Å². The van der Waals surface area contributed by atoms with Crippen LogP contribution in [0.1, 0.15) is 19.8 Å². The maximum Gasteiger partial charge on any atom is 0.246 e. The van der Waals surface area contributed by atoms with Crippen LogP contribution in [0.5, 0.6) is 0 Å². The van der Waals surface area contributed by atoms with E-state index in [0.717, 1.165) is 11.8 Å². The van der Waals surface area contributed by atoms with Crippen LogP contribution in [-0.2, 0) is 19.4 Å². The van der Waals surface area contributed by atoms with Crippen molar-refractivity contribution in [2.45, 2.75) is 37.9 Å². The van der Waals surface area contributed by atoms with Crippen molar-refractivity contribution >= 4 is 21.7 Å². The Hall–Kier alpha value is -1.37. The van der Waals surface area contributed by atoms with Gasteiger partial charge in [0.2, 0.25) is 11.8 Å². The second-order valence-corrected chi connectivity index (χ2v) is 7.27. The van der Waals surface area contributed by atoms with Crippen LogP contribution in [-0.4, -0.2) is 60.5 Å². The van der Waals surface area contributed by atoms with Crippen LogP contribution in [0.4, 0.5) is 0 Å². The number of piperazine rings is 1. The molecule has 2 saturated heterocycles. The van der Waals surface area contributed by atoms with Crippen molar-refractivity contribution in [2.24, 2.45) is 0 Å². The average molecular weight is 284 g/mol. The number of carbonyl (C=O) groups excluding carboxylic acids is 2. The maximum absolute atomic E-state index is 12.5. The Kier molecular flexibility index (Phi) is 2.70. The highest BCUT2D eigenvalue weighted by atomic mass is 32.2. The summed E-state index contributed by atoms with van der Waals surface area (Å²) >= 11 is 0. The molecule has 3 aliphatic rings. The average Bonchev–Trinajstić information content (AvgIpc) is 2.93. The molecular weight excluding hydrogens is 268 g/mol. The lowest BCUT2D eigenvalue weighted by Gasteiger charge is -2.43. The van der Waals surface area contributed by atoms with Crippen LogP contribution in [0, 0.1) is 0 Å². The van der Waals surface area contributed by atoms with Gasteiger partial charge >= 0.3 is 0 Å². The molecule has 0 aromatic carbocycles. The Balaban J connectivity index is 1.91. The predicted molar refractivity (Wildman–Crippen MR) is 67.8 cm³/mol. The van der Waals surface area contributed by atoms with Crippen molar-refractivity contribution in [3.8, 4) is 0 Å². The third-order valence-electron chi connectivity index (χ3n) is 4.12. The van der Waals surface area contributed by atoms with Gasteiger partial charge in [0.15, 0.2) is 9.84 Å². The molecule has 0 saturated carbocycles. The van der Waals surface area contributed by atoms with Gasteiger partial charge in [0.1, 0.15) is 12.1 Å². The summed E-state index contributed by atoms with van der Waals surface area (Å²) in [7, 11) is -3.23. The number of amides is 2. The molecule has 19 heavy (non-hydrogen) atoms. The molecule has 0 N–H and O–H groups in total. The van der Waals surface area contributed by atoms with E-state index in [0.29, 0.717) is 13.0 Å². The van der Waals surface area contributed by atoms with Crippen molar-refractivity contribution in [2.75, 3.05) is 12.3 Å². The first kappa shape index (κ1) is 12.7. The van der Waals surface area contributed by atoms with Gasteiger partial charge in [-0.15, -0.1) is 0 Å². The fourth-order valence-corrected chi connectivity index (χ4v) is 4.47. The van der Waals surface area contributed by atoms with Crippen LogP contribution >= 0.6 is 0 Å². The molecule has 3 heterocycles. The van der Waals surface area contributed by atoms with Crippen molar-refractivity contribution in [3.63, 3.8) is 0 Å². The molecular formula is C12H16N2O4S. The molecule has 7 heteroatoms. The molecule has 6 nitrogen and oxygen atoms in total. The second kappa shape index (κ2) is 4.06. The molecule has 0 aromatic heterocycles. The van der Waals surface area contributed by atoms with E-state index in [9.17, 15) is 18.0 Å². The van der Waals surface area contributed by atoms with Crippen molar-refractivity contribution < 1.29 is 18.0 Å². The van der Waals surface area contributed by atoms with Crippen molar-refractivity contribution in [3.05, 3.63) is 11.5 Å². The van der Waals surface area contributed by atoms with E-state index >= 15 is 0 Å². The highest BCUT2D eigenvalue weighted by molar-refractivity contribution is 7.94. The number of hydrogen-bond acceptors (Lipinski definition) is 4. The summed E-state index contributed by atoms with van der Waals surface area (Å²) in [6, 6.07) is -1.47. The maximum atomic E-state index is 12.5. The van der Waals surface area contributed by atoms with Crippen LogP contribution in [0.2, 0.25) is 0 Å². The van der Waals surface area contributed by atoms with Crippen LogP contribution < -0.4 is 0 Å². The molecule has 0 spiro atoms. The van der Waals surface area contributed by atoms with Gasteiger partial charge in [0, 0.05) is 12.0 Å². The molecule has 0 aromatic rings. The largest absolute Gasteiger partial charge is 0.329 e. The Labute approximate surface area is 112 Å². The van der Waals surface area contributed by atoms with Crippen molar-refractivity contribution in [1.82, 2.24) is 9.80 Å². The number of rotatable bonds is 1. The summed E-state index contributed by atoms with van der Waals surface area (Å²) in [6.45, 7) is 2.31. The lowest BCUT2D eigenvalue weighted by Crippen LogP contribution is -2.64. The monoisotopic (exact) mass is 284 g/mol. The molecule has 3 atom stereocenters. The van der Waals surface area contributed by atoms with Crippen LogP contribution in [0.25, 0.3) is 0 Å². The first-order chi connectivity index (χ1) is 8.91. The SMILES string of the molecule is CC1C(=O)N2CCCC2C(=O)N1C1C=CS(=O)(=O)C1. The van der Waals surface area contributed by atoms with Crippen molar-refractivity contribution in [1.29, 1.82) is 0 Å². The zero-order chi connectivity index (χ0) is 13.8. The Bertz CT molecular complexity index is 568. The quantitative estimate of drug-likeness (QED) is 0.652. The number of carbonyl (C=O) groups is 2. The van der Waals surface area contributed by atoms with Gasteiger partial charge in [-0.2, -0.15) is 0 Å². The summed E-state index contributed by atoms with van der Waals surface area (Å²) in [6.07, 6.45) is 3.03. The Morgan fingerprint density at radius 1 is 1.26 bits per heavy atom. The lowest BCUT2D eigenvalue weighted by atomic mass is 10.0. The lowest BCUT2D eigenvalue weighted by molar-refractivity contribution is -0.159. The van der Waals surface area contributed by atoms with E-state index in [1.165, 1.54) is 11.0 Å². The molecule has 3 aliphatic heterocycles. The van der Waals surface area contributed by atoms with E-state index in [2.05, 4.69) is 0 Å². The standard InChI is InChI=1S/C12H16N2O4S/c1-8-11(15)13-5-2-3-10(13)12(16)14(8)9-4-6-19(17,18)7-9/h4,6,8-10H,2-3,5,7H2,1H3. The van der Waals surface area contributed by atoms with E-state index in [1.807, 2.05) is 0 Å². The first-order valence-electron chi connectivity index (χ1n) is 6.44. The van der Waals surface area contributed by atoms with Gasteiger partial charge in [-0.3, -0.25) is 9.59 Å². The minimum Gasteiger partial charge on any atom is -0.329 e. The Morgan fingerprint density at radius 2 is 2.00 bits per heavy atom. The fourth-order valence-electron chi connectivity index (χ4n) is 3.19. The number of nitrogens with zero attached hydrogens (tertiary/aromatic N) is 2. The normalized spacial score (nSPS) is 37.0. The molecule has 0 bridgehead atoms. The number of fused-ring (bicyclic) bond motifs is 1. The first-order valence-corrected chi connectivity index (χ1v) is 8.16. The van der Waals surface area contributed by atoms with E-state index in [1.54, 1.807) is 11.8 Å². The number of hydrogen-bond donors (Lipinski definition) is 0. The highest BCUT2D eigenvalue weighted by Crippen LogP contribution is 2.30. The van der Waals surface area contributed by atoms with Gasteiger partial charge in [-0.05, 0) is 25.8 Å². The Morgan fingerprint density at radius 3 is 2.63 bits per heavy atom. The zero-order valence-corrected chi connectivity index (χ0v) is 11.5. The smallest absolute Gasteiger partial charge is 0.246 e. The van der Waals surface area contributed by atoms with E-state index < -0.39 is 21.9 Å². The molecule has 2 amide bonds. The molecule has 3 unspecified atom stereocenters. The summed E-state index contributed by atoms with van der Waals surface area (Å²) in [5, 5.41) is 1.14. The number of sulfone groups is 1. The third-order valence-corrected chi connectivity index (χ3v) is 5.50. The van der Waals surface area contributed by atoms with Gasteiger partial charge in [0.05, 0.1) is 11.8 Å². The molecule has 0 aliphatic carbocycles. The van der Waals surface area contributed by atoms with Crippen LogP contribution in [0.15, 0.2) is 11.5 Å². The summed E-state index contributed by atoms with van der Waals surface area (Å²) in [4.78, 5) is 27.8. The molecule has 3 rings (SSSR count). The minimum atomic E-state index is -3.23. The third kappa shape index (κ3) is 1.87. The van der Waals surface area contributed by atoms with Gasteiger partial charge in [0.25, 0.3) is 0 Å². The highest BCUT2D eigenvalue weighted by Gasteiger charge is 2.48. The van der Waals surface area contributed by atoms with Gasteiger partial charge in [-0.1, -0.05) is 0 Å². The zero-order valence-electron chi connectivity index (χ0n) is 10.7. The summed E-state index contributed by atoms with van der Waals surface area (Å²) in [5.74, 6) is -0.292. The van der Waals surface area contributed by atoms with Gasteiger partial charge < -0.3 is 9.80 Å². The molecule has 0 radical (unpaired) electrons. The summed E-state index contributed by atoms with van der Waals surface area (Å²) in [5.41, 5.74) is 0. The van der Waals surface area contributed by atoms with Gasteiger partial charge in [-0.25, -0.2) is 8.42 Å². The van der Waals surface area contributed by atoms with E-state index in [-0.39, 0.29) is 23.6 Å². The summed E-state index contributed by atoms with van der Waals surface area (Å²) < 4.78 is 23.0.